The first-order chi connectivity index (χ1) is 8.16. The van der Waals surface area contributed by atoms with Crippen molar-refractivity contribution in [1.29, 1.82) is 0 Å². The first-order valence-corrected chi connectivity index (χ1v) is 5.50. The molecule has 0 atom stereocenters. The van der Waals surface area contributed by atoms with Crippen molar-refractivity contribution in [1.82, 2.24) is 20.1 Å². The molecule has 0 bridgehead atoms. The van der Waals surface area contributed by atoms with Gasteiger partial charge in [-0.3, -0.25) is 0 Å². The summed E-state index contributed by atoms with van der Waals surface area (Å²) < 4.78 is 1.96. The SMILES string of the molecule is Cc1nnc(CNCc2ccc(O)cc2)n1C. The summed E-state index contributed by atoms with van der Waals surface area (Å²) in [5, 5.41) is 20.5. The molecule has 1 aromatic carbocycles. The minimum Gasteiger partial charge on any atom is -0.508 e. The van der Waals surface area contributed by atoms with Gasteiger partial charge < -0.3 is 15.0 Å². The summed E-state index contributed by atoms with van der Waals surface area (Å²) in [4.78, 5) is 0. The summed E-state index contributed by atoms with van der Waals surface area (Å²) in [6.07, 6.45) is 0. The third-order valence-corrected chi connectivity index (χ3v) is 2.73. The van der Waals surface area contributed by atoms with Crippen LogP contribution in [0.15, 0.2) is 24.3 Å². The van der Waals surface area contributed by atoms with Gasteiger partial charge in [-0.05, 0) is 24.6 Å². The highest BCUT2D eigenvalue weighted by Gasteiger charge is 2.03. The van der Waals surface area contributed by atoms with Crippen LogP contribution in [-0.2, 0) is 20.1 Å². The van der Waals surface area contributed by atoms with Crippen molar-refractivity contribution >= 4 is 0 Å². The van der Waals surface area contributed by atoms with Crippen LogP contribution in [0, 0.1) is 6.92 Å². The number of phenolic OH excluding ortho intramolecular Hbond substituents is 1. The zero-order chi connectivity index (χ0) is 12.3. The molecule has 2 rings (SSSR count). The van der Waals surface area contributed by atoms with E-state index in [1.807, 2.05) is 30.7 Å². The fourth-order valence-electron chi connectivity index (χ4n) is 1.54. The summed E-state index contributed by atoms with van der Waals surface area (Å²) in [7, 11) is 1.95. The number of aromatic nitrogens is 3. The number of nitrogens with one attached hydrogen (secondary N) is 1. The maximum Gasteiger partial charge on any atom is 0.146 e. The van der Waals surface area contributed by atoms with E-state index in [2.05, 4.69) is 15.5 Å². The maximum atomic E-state index is 9.16. The van der Waals surface area contributed by atoms with E-state index in [1.165, 1.54) is 0 Å². The highest BCUT2D eigenvalue weighted by atomic mass is 16.3. The van der Waals surface area contributed by atoms with Gasteiger partial charge in [0.05, 0.1) is 6.54 Å². The van der Waals surface area contributed by atoms with Gasteiger partial charge in [0, 0.05) is 13.6 Å². The molecule has 17 heavy (non-hydrogen) atoms. The predicted molar refractivity (Wildman–Crippen MR) is 64.4 cm³/mol. The lowest BCUT2D eigenvalue weighted by molar-refractivity contribution is 0.475. The van der Waals surface area contributed by atoms with Crippen molar-refractivity contribution in [2.45, 2.75) is 20.0 Å². The molecule has 0 radical (unpaired) electrons. The van der Waals surface area contributed by atoms with E-state index in [4.69, 9.17) is 5.11 Å². The molecule has 5 nitrogen and oxygen atoms in total. The number of phenols is 1. The number of hydrogen-bond acceptors (Lipinski definition) is 4. The zero-order valence-corrected chi connectivity index (χ0v) is 10.0. The van der Waals surface area contributed by atoms with E-state index < -0.39 is 0 Å². The molecule has 0 unspecified atom stereocenters. The molecule has 0 spiro atoms. The van der Waals surface area contributed by atoms with Crippen LogP contribution in [0.4, 0.5) is 0 Å². The first kappa shape index (κ1) is 11.6. The molecule has 0 saturated carbocycles. The van der Waals surface area contributed by atoms with Gasteiger partial charge in [-0.15, -0.1) is 10.2 Å². The molecule has 1 aromatic heterocycles. The zero-order valence-electron chi connectivity index (χ0n) is 10.0. The topological polar surface area (TPSA) is 63.0 Å². The van der Waals surface area contributed by atoms with Gasteiger partial charge in [0.15, 0.2) is 0 Å². The molecule has 2 N–H and O–H groups in total. The van der Waals surface area contributed by atoms with Crippen molar-refractivity contribution in [2.75, 3.05) is 0 Å². The van der Waals surface area contributed by atoms with Crippen LogP contribution in [-0.4, -0.2) is 19.9 Å². The fourth-order valence-corrected chi connectivity index (χ4v) is 1.54. The molecule has 1 heterocycles. The van der Waals surface area contributed by atoms with E-state index in [-0.39, 0.29) is 5.75 Å². The lowest BCUT2D eigenvalue weighted by Gasteiger charge is -2.05. The second kappa shape index (κ2) is 4.97. The molecule has 90 valence electrons. The minimum absolute atomic E-state index is 0.290. The quantitative estimate of drug-likeness (QED) is 0.829. The molecule has 0 fully saturated rings. The highest BCUT2D eigenvalue weighted by molar-refractivity contribution is 5.25. The van der Waals surface area contributed by atoms with E-state index >= 15 is 0 Å². The van der Waals surface area contributed by atoms with Crippen molar-refractivity contribution in [3.8, 4) is 5.75 Å². The number of aromatic hydroxyl groups is 1. The van der Waals surface area contributed by atoms with Crippen molar-refractivity contribution in [2.24, 2.45) is 7.05 Å². The Balaban J connectivity index is 1.87. The summed E-state index contributed by atoms with van der Waals surface area (Å²) in [6.45, 7) is 3.35. The third-order valence-electron chi connectivity index (χ3n) is 2.73. The van der Waals surface area contributed by atoms with Crippen LogP contribution in [0.5, 0.6) is 5.75 Å². The van der Waals surface area contributed by atoms with E-state index in [0.717, 1.165) is 23.8 Å². The summed E-state index contributed by atoms with van der Waals surface area (Å²) in [5.41, 5.74) is 1.13. The second-order valence-corrected chi connectivity index (χ2v) is 3.99. The maximum absolute atomic E-state index is 9.16. The van der Waals surface area contributed by atoms with E-state index in [9.17, 15) is 0 Å². The molecule has 0 aliphatic rings. The molecule has 5 heteroatoms. The van der Waals surface area contributed by atoms with E-state index in [0.29, 0.717) is 6.54 Å². The average Bonchev–Trinajstić information content (AvgIpc) is 2.64. The van der Waals surface area contributed by atoms with Gasteiger partial charge in [0.2, 0.25) is 0 Å². The van der Waals surface area contributed by atoms with Gasteiger partial charge in [-0.2, -0.15) is 0 Å². The van der Waals surface area contributed by atoms with Gasteiger partial charge >= 0.3 is 0 Å². The van der Waals surface area contributed by atoms with Crippen molar-refractivity contribution in [3.63, 3.8) is 0 Å². The molecule has 0 aliphatic heterocycles. The lowest BCUT2D eigenvalue weighted by Crippen LogP contribution is -2.16. The highest BCUT2D eigenvalue weighted by Crippen LogP contribution is 2.09. The van der Waals surface area contributed by atoms with Crippen LogP contribution in [0.3, 0.4) is 0 Å². The molecule has 0 aliphatic carbocycles. The Morgan fingerprint density at radius 2 is 1.88 bits per heavy atom. The fraction of sp³-hybridized carbons (Fsp3) is 0.333. The van der Waals surface area contributed by atoms with Crippen LogP contribution >= 0.6 is 0 Å². The minimum atomic E-state index is 0.290. The van der Waals surface area contributed by atoms with Crippen LogP contribution in [0.1, 0.15) is 17.2 Å². The van der Waals surface area contributed by atoms with E-state index in [1.54, 1.807) is 12.1 Å². The Bertz CT molecular complexity index is 490. The second-order valence-electron chi connectivity index (χ2n) is 3.99. The molecule has 0 saturated heterocycles. The summed E-state index contributed by atoms with van der Waals surface area (Å²) in [5.74, 6) is 2.12. The number of rotatable bonds is 4. The normalized spacial score (nSPS) is 10.7. The van der Waals surface area contributed by atoms with Gasteiger partial charge in [0.25, 0.3) is 0 Å². The largest absolute Gasteiger partial charge is 0.508 e. The molecular formula is C12H16N4O. The molecule has 2 aromatic rings. The van der Waals surface area contributed by atoms with Crippen molar-refractivity contribution < 1.29 is 5.11 Å². The number of nitrogens with zero attached hydrogens (tertiary/aromatic N) is 3. The van der Waals surface area contributed by atoms with Gasteiger partial charge in [0.1, 0.15) is 17.4 Å². The summed E-state index contributed by atoms with van der Waals surface area (Å²) in [6, 6.07) is 7.15. The van der Waals surface area contributed by atoms with Crippen molar-refractivity contribution in [3.05, 3.63) is 41.5 Å². The lowest BCUT2D eigenvalue weighted by atomic mass is 10.2. The number of aryl methyl sites for hydroxylation is 1. The standard InChI is InChI=1S/C12H16N4O/c1-9-14-15-12(16(9)2)8-13-7-10-3-5-11(17)6-4-10/h3-6,13,17H,7-8H2,1-2H3. The Morgan fingerprint density at radius 3 is 2.47 bits per heavy atom. The van der Waals surface area contributed by atoms with Crippen LogP contribution in [0.25, 0.3) is 0 Å². The smallest absolute Gasteiger partial charge is 0.146 e. The average molecular weight is 232 g/mol. The summed E-state index contributed by atoms with van der Waals surface area (Å²) >= 11 is 0. The number of hydrogen-bond donors (Lipinski definition) is 2. The predicted octanol–water partition coefficient (Wildman–Crippen LogP) is 1.12. The Hall–Kier alpha value is -1.88. The number of benzene rings is 1. The molecular weight excluding hydrogens is 216 g/mol. The Labute approximate surface area is 100 Å². The van der Waals surface area contributed by atoms with Crippen LogP contribution in [0.2, 0.25) is 0 Å². The Kier molecular flexibility index (Phi) is 3.39. The first-order valence-electron chi connectivity index (χ1n) is 5.50. The third kappa shape index (κ3) is 2.82. The Morgan fingerprint density at radius 1 is 1.18 bits per heavy atom. The van der Waals surface area contributed by atoms with Gasteiger partial charge in [-0.1, -0.05) is 12.1 Å². The van der Waals surface area contributed by atoms with Crippen LogP contribution < -0.4 is 5.32 Å². The monoisotopic (exact) mass is 232 g/mol. The molecule has 0 amide bonds. The van der Waals surface area contributed by atoms with Gasteiger partial charge in [-0.25, -0.2) is 0 Å².